The first kappa shape index (κ1) is 63.9. The van der Waals surface area contributed by atoms with Crippen LogP contribution in [0.1, 0.15) is 252 Å². The summed E-state index contributed by atoms with van der Waals surface area (Å²) in [6, 6.07) is -1.02. The van der Waals surface area contributed by atoms with Gasteiger partial charge in [0.2, 0.25) is 5.91 Å². The molecular formula is C57H105NO10. The number of unbranched alkanes of at least 4 members (excludes halogenated alkanes) is 29. The summed E-state index contributed by atoms with van der Waals surface area (Å²) in [5.41, 5.74) is 0. The predicted molar refractivity (Wildman–Crippen MR) is 278 cm³/mol. The van der Waals surface area contributed by atoms with Crippen LogP contribution in [0.5, 0.6) is 0 Å². The van der Waals surface area contributed by atoms with E-state index in [2.05, 4.69) is 50.4 Å². The van der Waals surface area contributed by atoms with Crippen molar-refractivity contribution >= 4 is 11.9 Å². The molecule has 0 aromatic carbocycles. The van der Waals surface area contributed by atoms with Gasteiger partial charge in [0.25, 0.3) is 0 Å². The van der Waals surface area contributed by atoms with E-state index in [1.54, 1.807) is 6.08 Å². The maximum atomic E-state index is 13.3. The van der Waals surface area contributed by atoms with Crippen LogP contribution in [0.15, 0.2) is 36.5 Å². The van der Waals surface area contributed by atoms with Gasteiger partial charge >= 0.3 is 5.97 Å². The van der Waals surface area contributed by atoms with Crippen LogP contribution in [-0.4, -0.2) is 99.6 Å². The summed E-state index contributed by atoms with van der Waals surface area (Å²) in [7, 11) is 0. The molecule has 398 valence electrons. The Kier molecular flexibility index (Phi) is 43.2. The highest BCUT2D eigenvalue weighted by atomic mass is 16.7. The number of esters is 1. The van der Waals surface area contributed by atoms with E-state index in [1.807, 2.05) is 6.08 Å². The van der Waals surface area contributed by atoms with Gasteiger partial charge in [-0.2, -0.15) is 0 Å². The third-order valence-corrected chi connectivity index (χ3v) is 13.3. The summed E-state index contributed by atoms with van der Waals surface area (Å²) in [6.45, 7) is 5.67. The molecule has 1 fully saturated rings. The molecule has 1 aliphatic rings. The average Bonchev–Trinajstić information content (AvgIpc) is 3.33. The van der Waals surface area contributed by atoms with E-state index in [4.69, 9.17) is 14.2 Å². The molecule has 1 rings (SSSR count). The number of rotatable bonds is 47. The van der Waals surface area contributed by atoms with Crippen LogP contribution in [0.25, 0.3) is 0 Å². The fourth-order valence-corrected chi connectivity index (χ4v) is 8.81. The van der Waals surface area contributed by atoms with Crippen molar-refractivity contribution < 1.29 is 49.3 Å². The van der Waals surface area contributed by atoms with Gasteiger partial charge in [-0.3, -0.25) is 9.59 Å². The summed E-state index contributed by atoms with van der Waals surface area (Å²) in [6.07, 6.45) is 41.9. The monoisotopic (exact) mass is 964 g/mol. The Morgan fingerprint density at radius 1 is 0.588 bits per heavy atom. The average molecular weight is 964 g/mol. The van der Waals surface area contributed by atoms with Gasteiger partial charge in [-0.05, 0) is 51.4 Å². The molecule has 0 aliphatic carbocycles. The molecule has 0 spiro atoms. The maximum Gasteiger partial charge on any atom is 0.306 e. The van der Waals surface area contributed by atoms with Crippen molar-refractivity contribution in [1.29, 1.82) is 0 Å². The van der Waals surface area contributed by atoms with E-state index >= 15 is 0 Å². The van der Waals surface area contributed by atoms with Crippen molar-refractivity contribution in [3.05, 3.63) is 36.5 Å². The minimum Gasteiger partial charge on any atom is -0.454 e. The first-order valence-electron chi connectivity index (χ1n) is 28.3. The van der Waals surface area contributed by atoms with E-state index in [9.17, 15) is 35.1 Å². The molecule has 0 radical (unpaired) electrons. The number of amides is 1. The highest BCUT2D eigenvalue weighted by molar-refractivity contribution is 5.80. The van der Waals surface area contributed by atoms with Gasteiger partial charge in [-0.15, -0.1) is 0 Å². The van der Waals surface area contributed by atoms with E-state index in [-0.39, 0.29) is 13.0 Å². The number of carbonyl (C=O) groups is 2. The maximum absolute atomic E-state index is 13.3. The molecule has 1 heterocycles. The summed E-state index contributed by atoms with van der Waals surface area (Å²) in [5, 5.41) is 56.7. The lowest BCUT2D eigenvalue weighted by molar-refractivity contribution is -0.305. The standard InChI is InChI=1S/C57H105NO10/c1-4-7-10-13-16-19-22-25-27-30-33-36-39-42-45-52(62)68-55-54(64)53(63)51(46-59)67-57(55)66-47-48(49(60)43-40-37-34-31-29-26-23-20-17-14-11-8-5-2)58-56(65)50(61)44-41-38-35-32-28-24-21-18-15-12-9-6-3/h7,10,16,19,40,43,48-51,53-55,57,59-61,63-64H,4-6,8-9,11-15,17-18,20-39,41-42,44-47H2,1-3H3,(H,58,65)/b10-7+,19-16+,43-40+. The van der Waals surface area contributed by atoms with Gasteiger partial charge in [-0.1, -0.05) is 231 Å². The summed E-state index contributed by atoms with van der Waals surface area (Å²) in [5.74, 6) is -1.20. The normalized spacial score (nSPS) is 20.1. The van der Waals surface area contributed by atoms with Crippen LogP contribution in [0.3, 0.4) is 0 Å². The van der Waals surface area contributed by atoms with Gasteiger partial charge in [0.05, 0.1) is 25.4 Å². The highest BCUT2D eigenvalue weighted by Gasteiger charge is 2.47. The number of hydrogen-bond donors (Lipinski definition) is 6. The Bertz CT molecular complexity index is 1240. The molecule has 1 aliphatic heterocycles. The van der Waals surface area contributed by atoms with Crippen molar-refractivity contribution in [2.75, 3.05) is 13.2 Å². The zero-order valence-corrected chi connectivity index (χ0v) is 43.7. The van der Waals surface area contributed by atoms with Crippen molar-refractivity contribution in [1.82, 2.24) is 5.32 Å². The van der Waals surface area contributed by atoms with Crippen LogP contribution < -0.4 is 5.32 Å². The van der Waals surface area contributed by atoms with Crippen LogP contribution in [0.2, 0.25) is 0 Å². The molecule has 68 heavy (non-hydrogen) atoms. The Labute approximate surface area is 415 Å². The molecule has 1 amide bonds. The van der Waals surface area contributed by atoms with Gasteiger partial charge in [0, 0.05) is 6.42 Å². The van der Waals surface area contributed by atoms with Gasteiger partial charge in [-0.25, -0.2) is 0 Å². The van der Waals surface area contributed by atoms with Crippen molar-refractivity contribution in [3.63, 3.8) is 0 Å². The first-order valence-corrected chi connectivity index (χ1v) is 28.3. The minimum absolute atomic E-state index is 0.116. The molecule has 1 saturated heterocycles. The third-order valence-electron chi connectivity index (χ3n) is 13.3. The number of hydrogen-bond acceptors (Lipinski definition) is 10. The van der Waals surface area contributed by atoms with E-state index in [0.717, 1.165) is 83.5 Å². The van der Waals surface area contributed by atoms with E-state index in [0.29, 0.717) is 19.3 Å². The van der Waals surface area contributed by atoms with E-state index < -0.39 is 67.4 Å². The number of allylic oxidation sites excluding steroid dienone is 5. The van der Waals surface area contributed by atoms with Crippen LogP contribution in [0, 0.1) is 0 Å². The Balaban J connectivity index is 2.75. The number of ether oxygens (including phenoxy) is 3. The van der Waals surface area contributed by atoms with E-state index in [1.165, 1.54) is 122 Å². The fraction of sp³-hybridized carbons (Fsp3) is 0.860. The summed E-state index contributed by atoms with van der Waals surface area (Å²) >= 11 is 0. The van der Waals surface area contributed by atoms with Crippen molar-refractivity contribution in [3.8, 4) is 0 Å². The number of nitrogens with one attached hydrogen (secondary N) is 1. The molecule has 8 unspecified atom stereocenters. The number of aliphatic hydroxyl groups is 5. The molecule has 11 heteroatoms. The second-order valence-corrected chi connectivity index (χ2v) is 19.6. The number of carbonyl (C=O) groups excluding carboxylic acids is 2. The van der Waals surface area contributed by atoms with Gasteiger partial charge in [0.15, 0.2) is 12.4 Å². The number of aliphatic hydroxyl groups excluding tert-OH is 5. The minimum atomic E-state index is -1.61. The van der Waals surface area contributed by atoms with Crippen LogP contribution in [-0.2, 0) is 23.8 Å². The lowest BCUT2D eigenvalue weighted by atomic mass is 9.99. The smallest absolute Gasteiger partial charge is 0.306 e. The van der Waals surface area contributed by atoms with Gasteiger partial charge in [0.1, 0.15) is 24.4 Å². The topological polar surface area (TPSA) is 175 Å². The Hall–Kier alpha value is -2.12. The molecule has 0 saturated carbocycles. The second-order valence-electron chi connectivity index (χ2n) is 19.6. The molecule has 8 atom stereocenters. The molecule has 11 nitrogen and oxygen atoms in total. The fourth-order valence-electron chi connectivity index (χ4n) is 8.81. The largest absolute Gasteiger partial charge is 0.454 e. The highest BCUT2D eigenvalue weighted by Crippen LogP contribution is 2.26. The predicted octanol–water partition coefficient (Wildman–Crippen LogP) is 12.3. The zero-order chi connectivity index (χ0) is 49.7. The summed E-state index contributed by atoms with van der Waals surface area (Å²) in [4.78, 5) is 26.4. The first-order chi connectivity index (χ1) is 33.2. The van der Waals surface area contributed by atoms with Crippen LogP contribution >= 0.6 is 0 Å². The second kappa shape index (κ2) is 46.0. The lowest BCUT2D eigenvalue weighted by Gasteiger charge is -2.41. The Morgan fingerprint density at radius 2 is 1.06 bits per heavy atom. The molecular weight excluding hydrogens is 859 g/mol. The molecule has 6 N–H and O–H groups in total. The van der Waals surface area contributed by atoms with Crippen molar-refractivity contribution in [2.45, 2.75) is 301 Å². The quantitative estimate of drug-likeness (QED) is 0.0196. The zero-order valence-electron chi connectivity index (χ0n) is 43.7. The van der Waals surface area contributed by atoms with Crippen molar-refractivity contribution in [2.24, 2.45) is 0 Å². The SMILES string of the molecule is CC/C=C/C/C=C/CCCCCCCCCC(=O)OC1C(OCC(NC(=O)C(O)CCCCCCCCCCCCCC)C(O)/C=C/CCCCCCCCCCCCC)OC(CO)C(O)C1O. The summed E-state index contributed by atoms with van der Waals surface area (Å²) < 4.78 is 17.5. The Morgan fingerprint density at radius 3 is 1.57 bits per heavy atom. The molecule has 0 aromatic heterocycles. The molecule has 0 bridgehead atoms. The third kappa shape index (κ3) is 34.2. The molecule has 0 aromatic rings. The lowest BCUT2D eigenvalue weighted by Crippen LogP contribution is -2.61. The van der Waals surface area contributed by atoms with Gasteiger partial charge < -0.3 is 45.1 Å². The van der Waals surface area contributed by atoms with Crippen LogP contribution in [0.4, 0.5) is 0 Å².